The summed E-state index contributed by atoms with van der Waals surface area (Å²) in [6.45, 7) is 2.39. The molecule has 10 heteroatoms. The number of nitrogens with two attached hydrogens (primary N) is 1. The number of hydrogen-bond donors (Lipinski definition) is 1. The monoisotopic (exact) mass is 470 g/mol. The number of imidazole rings is 1. The molecular formula is C22H22N4O4S2. The number of amides is 1. The smallest absolute Gasteiger partial charge is 0.262 e. The topological polar surface area (TPSA) is 117 Å². The Hall–Kier alpha value is -3.24. The van der Waals surface area contributed by atoms with Crippen LogP contribution in [0, 0.1) is 0 Å². The zero-order chi connectivity index (χ0) is 22.9. The minimum Gasteiger partial charge on any atom is -0.487 e. The number of benzene rings is 1. The van der Waals surface area contributed by atoms with E-state index in [1.807, 2.05) is 24.3 Å². The molecule has 0 unspecified atom stereocenters. The predicted molar refractivity (Wildman–Crippen MR) is 124 cm³/mol. The highest BCUT2D eigenvalue weighted by atomic mass is 32.2. The van der Waals surface area contributed by atoms with Gasteiger partial charge in [-0.05, 0) is 23.6 Å². The van der Waals surface area contributed by atoms with Gasteiger partial charge in [0, 0.05) is 12.3 Å². The van der Waals surface area contributed by atoms with E-state index in [1.54, 1.807) is 23.0 Å². The Kier molecular flexibility index (Phi) is 5.98. The molecule has 3 heterocycles. The lowest BCUT2D eigenvalue weighted by Gasteiger charge is -2.09. The molecule has 1 amide bonds. The lowest BCUT2D eigenvalue weighted by molar-refractivity contribution is 0.1000. The fourth-order valence-corrected chi connectivity index (χ4v) is 5.07. The summed E-state index contributed by atoms with van der Waals surface area (Å²) in [5, 5.41) is 0.677. The molecule has 4 rings (SSSR count). The third kappa shape index (κ3) is 4.66. The van der Waals surface area contributed by atoms with Crippen LogP contribution in [0.4, 0.5) is 0 Å². The fourth-order valence-electron chi connectivity index (χ4n) is 3.44. The number of primary amides is 1. The van der Waals surface area contributed by atoms with Crippen molar-refractivity contribution in [1.82, 2.24) is 14.5 Å². The Morgan fingerprint density at radius 1 is 1.19 bits per heavy atom. The third-order valence-electron chi connectivity index (χ3n) is 4.93. The van der Waals surface area contributed by atoms with Crippen LogP contribution < -0.4 is 10.5 Å². The molecule has 0 fully saturated rings. The van der Waals surface area contributed by atoms with Crippen LogP contribution in [0.2, 0.25) is 0 Å². The van der Waals surface area contributed by atoms with Crippen LogP contribution in [0.5, 0.6) is 5.75 Å². The van der Waals surface area contributed by atoms with E-state index in [4.69, 9.17) is 10.5 Å². The lowest BCUT2D eigenvalue weighted by atomic mass is 10.1. The summed E-state index contributed by atoms with van der Waals surface area (Å²) in [5.74, 6) is -0.351. The molecule has 4 aromatic rings. The second-order valence-corrected chi connectivity index (χ2v) is 10.6. The number of rotatable bonds is 8. The predicted octanol–water partition coefficient (Wildman–Crippen LogP) is 3.27. The largest absolute Gasteiger partial charge is 0.487 e. The van der Waals surface area contributed by atoms with Gasteiger partial charge in [-0.1, -0.05) is 31.2 Å². The maximum atomic E-state index is 12.1. The Labute approximate surface area is 189 Å². The van der Waals surface area contributed by atoms with E-state index in [1.165, 1.54) is 23.1 Å². The minimum absolute atomic E-state index is 0.170. The van der Waals surface area contributed by atoms with Crippen LogP contribution >= 0.6 is 11.3 Å². The summed E-state index contributed by atoms with van der Waals surface area (Å²) in [7, 11) is -3.23. The maximum absolute atomic E-state index is 12.1. The summed E-state index contributed by atoms with van der Waals surface area (Å²) < 4.78 is 31.1. The van der Waals surface area contributed by atoms with Crippen molar-refractivity contribution in [2.45, 2.75) is 25.7 Å². The molecule has 0 aliphatic rings. The van der Waals surface area contributed by atoms with Gasteiger partial charge in [0.1, 0.15) is 34.1 Å². The summed E-state index contributed by atoms with van der Waals surface area (Å²) in [6.07, 6.45) is 5.17. The van der Waals surface area contributed by atoms with Crippen molar-refractivity contribution in [3.8, 4) is 10.8 Å². The molecule has 32 heavy (non-hydrogen) atoms. The number of ether oxygens (including phenoxy) is 1. The summed E-state index contributed by atoms with van der Waals surface area (Å²) >= 11 is 1.19. The number of pyridine rings is 1. The highest BCUT2D eigenvalue weighted by Crippen LogP contribution is 2.34. The lowest BCUT2D eigenvalue weighted by Crippen LogP contribution is -2.10. The number of sulfone groups is 1. The van der Waals surface area contributed by atoms with Crippen LogP contribution in [0.3, 0.4) is 0 Å². The van der Waals surface area contributed by atoms with Gasteiger partial charge in [-0.2, -0.15) is 0 Å². The van der Waals surface area contributed by atoms with Crippen LogP contribution in [-0.4, -0.2) is 35.1 Å². The van der Waals surface area contributed by atoms with Gasteiger partial charge in [0.2, 0.25) is 0 Å². The fraction of sp³-hybridized carbons (Fsp3) is 0.227. The van der Waals surface area contributed by atoms with Gasteiger partial charge in [0.05, 0.1) is 23.2 Å². The third-order valence-corrected chi connectivity index (χ3v) is 6.88. The molecule has 3 aromatic heterocycles. The first-order chi connectivity index (χ1) is 15.2. The van der Waals surface area contributed by atoms with Crippen molar-refractivity contribution in [1.29, 1.82) is 0 Å². The minimum atomic E-state index is -3.23. The molecule has 166 valence electrons. The van der Waals surface area contributed by atoms with Crippen LogP contribution in [-0.2, 0) is 28.6 Å². The quantitative estimate of drug-likeness (QED) is 0.422. The van der Waals surface area contributed by atoms with E-state index in [9.17, 15) is 13.2 Å². The average Bonchev–Trinajstić information content (AvgIpc) is 3.35. The average molecular weight is 471 g/mol. The van der Waals surface area contributed by atoms with Gasteiger partial charge in [0.25, 0.3) is 5.91 Å². The molecule has 0 aliphatic heterocycles. The molecule has 0 atom stereocenters. The molecule has 0 spiro atoms. The Morgan fingerprint density at radius 2 is 1.94 bits per heavy atom. The van der Waals surface area contributed by atoms with Crippen LogP contribution in [0.1, 0.15) is 33.4 Å². The molecule has 0 saturated heterocycles. The molecular weight excluding hydrogens is 448 g/mol. The Balaban J connectivity index is 1.69. The van der Waals surface area contributed by atoms with E-state index in [0.29, 0.717) is 39.0 Å². The maximum Gasteiger partial charge on any atom is 0.262 e. The molecule has 0 saturated carbocycles. The van der Waals surface area contributed by atoms with Crippen molar-refractivity contribution in [2.75, 3.05) is 6.26 Å². The van der Waals surface area contributed by atoms with Gasteiger partial charge < -0.3 is 10.5 Å². The number of carbonyl (C=O) groups is 1. The van der Waals surface area contributed by atoms with Crippen LogP contribution in [0.25, 0.3) is 16.0 Å². The van der Waals surface area contributed by atoms with E-state index >= 15 is 0 Å². The van der Waals surface area contributed by atoms with E-state index < -0.39 is 15.7 Å². The molecule has 2 N–H and O–H groups in total. The SMILES string of the molecule is CCc1ccccc1COc1cc(-n2cnc3cnc(CS(C)(=O)=O)cc32)sc1C(N)=O. The Morgan fingerprint density at radius 3 is 2.62 bits per heavy atom. The van der Waals surface area contributed by atoms with Crippen molar-refractivity contribution in [3.05, 3.63) is 70.6 Å². The number of fused-ring (bicyclic) bond motifs is 1. The highest BCUT2D eigenvalue weighted by Gasteiger charge is 2.19. The first-order valence-electron chi connectivity index (χ1n) is 9.88. The van der Waals surface area contributed by atoms with Crippen molar-refractivity contribution < 1.29 is 17.9 Å². The first kappa shape index (κ1) is 22.0. The van der Waals surface area contributed by atoms with Gasteiger partial charge in [-0.25, -0.2) is 13.4 Å². The summed E-state index contributed by atoms with van der Waals surface area (Å²) in [4.78, 5) is 20.9. The van der Waals surface area contributed by atoms with Gasteiger partial charge in [0.15, 0.2) is 9.84 Å². The zero-order valence-corrected chi connectivity index (χ0v) is 19.2. The standard InChI is InChI=1S/C22H22N4O4S2/c1-3-14-6-4-5-7-15(14)11-30-19-9-20(31-21(19)22(23)27)26-13-25-17-10-24-16(8-18(17)26)12-32(2,28)29/h4-10,13H,3,11-12H2,1-2H3,(H2,23,27). The van der Waals surface area contributed by atoms with Crippen molar-refractivity contribution in [3.63, 3.8) is 0 Å². The molecule has 1 aromatic carbocycles. The number of thiophene rings is 1. The number of carbonyl (C=O) groups excluding carboxylic acids is 1. The number of aromatic nitrogens is 3. The number of aryl methyl sites for hydroxylation is 1. The number of nitrogens with zero attached hydrogens (tertiary/aromatic N) is 3. The van der Waals surface area contributed by atoms with Gasteiger partial charge in [-0.15, -0.1) is 11.3 Å². The molecule has 0 radical (unpaired) electrons. The van der Waals surface area contributed by atoms with Gasteiger partial charge in [-0.3, -0.25) is 14.3 Å². The summed E-state index contributed by atoms with van der Waals surface area (Å²) in [5.41, 5.74) is 9.53. The van der Waals surface area contributed by atoms with E-state index in [0.717, 1.165) is 18.2 Å². The normalized spacial score (nSPS) is 11.7. The van der Waals surface area contributed by atoms with Crippen molar-refractivity contribution in [2.24, 2.45) is 5.73 Å². The van der Waals surface area contributed by atoms with Crippen molar-refractivity contribution >= 4 is 38.1 Å². The second-order valence-electron chi connectivity index (χ2n) is 7.40. The van der Waals surface area contributed by atoms with E-state index in [-0.39, 0.29) is 5.75 Å². The first-order valence-corrected chi connectivity index (χ1v) is 12.8. The number of hydrogen-bond acceptors (Lipinski definition) is 7. The molecule has 0 bridgehead atoms. The van der Waals surface area contributed by atoms with Crippen LogP contribution in [0.15, 0.2) is 48.9 Å². The second kappa shape index (κ2) is 8.71. The van der Waals surface area contributed by atoms with E-state index in [2.05, 4.69) is 16.9 Å². The van der Waals surface area contributed by atoms with Gasteiger partial charge >= 0.3 is 0 Å². The summed E-state index contributed by atoms with van der Waals surface area (Å²) in [6, 6.07) is 11.4. The molecule has 8 nitrogen and oxygen atoms in total. The molecule has 0 aliphatic carbocycles. The Bertz CT molecular complexity index is 1410. The highest BCUT2D eigenvalue weighted by molar-refractivity contribution is 7.89. The zero-order valence-electron chi connectivity index (χ0n) is 17.6.